The van der Waals surface area contributed by atoms with Crippen LogP contribution in [0.3, 0.4) is 0 Å². The van der Waals surface area contributed by atoms with Crippen molar-refractivity contribution in [3.63, 3.8) is 0 Å². The van der Waals surface area contributed by atoms with Gasteiger partial charge in [-0.3, -0.25) is 9.59 Å². The van der Waals surface area contributed by atoms with Gasteiger partial charge in [-0.15, -0.1) is 0 Å². The minimum Gasteiger partial charge on any atom is -0.465 e. The number of carbonyl (C=O) groups excluding carboxylic acids is 2. The molecular weight excluding hydrogens is 334 g/mol. The Kier molecular flexibility index (Phi) is 6.70. The molecule has 0 bridgehead atoms. The second-order valence-electron chi connectivity index (χ2n) is 4.84. The van der Waals surface area contributed by atoms with E-state index in [1.165, 1.54) is 36.6 Å². The van der Waals surface area contributed by atoms with Gasteiger partial charge in [-0.1, -0.05) is 6.07 Å². The summed E-state index contributed by atoms with van der Waals surface area (Å²) in [5.74, 6) is -0.246. The lowest BCUT2D eigenvalue weighted by Gasteiger charge is -2.08. The van der Waals surface area contributed by atoms with Crippen molar-refractivity contribution in [2.75, 3.05) is 11.9 Å². The van der Waals surface area contributed by atoms with E-state index in [1.54, 1.807) is 18.2 Å². The van der Waals surface area contributed by atoms with Gasteiger partial charge in [0.15, 0.2) is 0 Å². The third-order valence-electron chi connectivity index (χ3n) is 2.94. The van der Waals surface area contributed by atoms with Crippen LogP contribution in [0.1, 0.15) is 12.2 Å². The first-order valence-electron chi connectivity index (χ1n) is 7.37. The molecule has 0 aliphatic heterocycles. The highest BCUT2D eigenvalue weighted by molar-refractivity contribution is 5.93. The van der Waals surface area contributed by atoms with Gasteiger partial charge in [0, 0.05) is 30.8 Å². The molecule has 2 amide bonds. The molecule has 1 aromatic carbocycles. The number of anilines is 1. The third-order valence-corrected chi connectivity index (χ3v) is 2.94. The molecule has 1 aromatic heterocycles. The van der Waals surface area contributed by atoms with Crippen LogP contribution in [0, 0.1) is 0 Å². The maximum atomic E-state index is 12.1. The van der Waals surface area contributed by atoms with Crippen molar-refractivity contribution >= 4 is 23.6 Å². The number of amides is 2. The van der Waals surface area contributed by atoms with Crippen molar-refractivity contribution in [2.45, 2.75) is 13.0 Å². The molecule has 0 fully saturated rings. The average Bonchev–Trinajstić information content (AvgIpc) is 3.06. The number of benzene rings is 1. The molecule has 0 saturated carbocycles. The number of alkyl halides is 2. The lowest BCUT2D eigenvalue weighted by atomic mass is 10.3. The second-order valence-corrected chi connectivity index (χ2v) is 4.84. The highest BCUT2D eigenvalue weighted by Crippen LogP contribution is 2.19. The Hall–Kier alpha value is -3.16. The first kappa shape index (κ1) is 18.2. The van der Waals surface area contributed by atoms with E-state index < -0.39 is 6.61 Å². The summed E-state index contributed by atoms with van der Waals surface area (Å²) in [6.07, 6.45) is 4.31. The van der Waals surface area contributed by atoms with Crippen LogP contribution >= 0.6 is 0 Å². The highest BCUT2D eigenvalue weighted by atomic mass is 19.3. The Bertz CT molecular complexity index is 730. The Morgan fingerprint density at radius 1 is 1.24 bits per heavy atom. The SMILES string of the molecule is O=C(/C=C/c1ccco1)NCCC(=O)Nc1cccc(OC(F)F)c1. The predicted molar refractivity (Wildman–Crippen MR) is 87.1 cm³/mol. The van der Waals surface area contributed by atoms with Gasteiger partial charge in [0.1, 0.15) is 11.5 Å². The Balaban J connectivity index is 1.72. The number of hydrogen-bond donors (Lipinski definition) is 2. The Morgan fingerprint density at radius 2 is 2.08 bits per heavy atom. The summed E-state index contributed by atoms with van der Waals surface area (Å²) < 4.78 is 33.6. The third kappa shape index (κ3) is 6.86. The number of furan rings is 1. The van der Waals surface area contributed by atoms with Gasteiger partial charge in [0.05, 0.1) is 6.26 Å². The molecule has 0 radical (unpaired) electrons. The summed E-state index contributed by atoms with van der Waals surface area (Å²) in [6.45, 7) is -2.81. The zero-order valence-electron chi connectivity index (χ0n) is 13.1. The number of nitrogens with one attached hydrogen (secondary N) is 2. The molecule has 0 aliphatic carbocycles. The monoisotopic (exact) mass is 350 g/mol. The fraction of sp³-hybridized carbons (Fsp3) is 0.176. The minimum absolute atomic E-state index is 0.0280. The van der Waals surface area contributed by atoms with E-state index in [-0.39, 0.29) is 30.5 Å². The summed E-state index contributed by atoms with van der Waals surface area (Å²) in [5, 5.41) is 5.08. The zero-order valence-corrected chi connectivity index (χ0v) is 13.1. The quantitative estimate of drug-likeness (QED) is 0.717. The zero-order chi connectivity index (χ0) is 18.1. The van der Waals surface area contributed by atoms with Crippen LogP contribution < -0.4 is 15.4 Å². The lowest BCUT2D eigenvalue weighted by molar-refractivity contribution is -0.117. The highest BCUT2D eigenvalue weighted by Gasteiger charge is 2.07. The van der Waals surface area contributed by atoms with E-state index in [0.717, 1.165) is 0 Å². The molecule has 2 rings (SSSR count). The Labute approximate surface area is 142 Å². The van der Waals surface area contributed by atoms with E-state index in [9.17, 15) is 18.4 Å². The van der Waals surface area contributed by atoms with Crippen molar-refractivity contribution in [1.29, 1.82) is 0 Å². The Morgan fingerprint density at radius 3 is 2.80 bits per heavy atom. The number of ether oxygens (including phenoxy) is 1. The summed E-state index contributed by atoms with van der Waals surface area (Å²) in [5.41, 5.74) is 0.326. The van der Waals surface area contributed by atoms with Crippen LogP contribution in [-0.2, 0) is 9.59 Å². The van der Waals surface area contributed by atoms with Gasteiger partial charge in [0.2, 0.25) is 11.8 Å². The molecule has 1 heterocycles. The van der Waals surface area contributed by atoms with Gasteiger partial charge >= 0.3 is 6.61 Å². The minimum atomic E-state index is -2.93. The van der Waals surface area contributed by atoms with Gasteiger partial charge in [-0.2, -0.15) is 8.78 Å². The van der Waals surface area contributed by atoms with Gasteiger partial charge < -0.3 is 19.8 Å². The summed E-state index contributed by atoms with van der Waals surface area (Å²) in [4.78, 5) is 23.4. The molecular formula is C17H16F2N2O4. The van der Waals surface area contributed by atoms with Crippen LogP contribution in [0.15, 0.2) is 53.2 Å². The molecule has 2 N–H and O–H groups in total. The number of rotatable bonds is 8. The summed E-state index contributed by atoms with van der Waals surface area (Å²) >= 11 is 0. The van der Waals surface area contributed by atoms with Crippen LogP contribution in [0.25, 0.3) is 6.08 Å². The number of carbonyl (C=O) groups is 2. The molecule has 0 spiro atoms. The fourth-order valence-corrected chi connectivity index (χ4v) is 1.88. The molecule has 0 saturated heterocycles. The maximum Gasteiger partial charge on any atom is 0.387 e. The molecule has 0 unspecified atom stereocenters. The number of hydrogen-bond acceptors (Lipinski definition) is 4. The van der Waals surface area contributed by atoms with Crippen molar-refractivity contribution in [2.24, 2.45) is 0 Å². The van der Waals surface area contributed by atoms with E-state index >= 15 is 0 Å². The van der Waals surface area contributed by atoms with Crippen molar-refractivity contribution < 1.29 is 27.5 Å². The number of halogens is 2. The van der Waals surface area contributed by atoms with Crippen LogP contribution in [0.5, 0.6) is 5.75 Å². The molecule has 8 heteroatoms. The van der Waals surface area contributed by atoms with Crippen molar-refractivity contribution in [3.8, 4) is 5.75 Å². The van der Waals surface area contributed by atoms with Crippen molar-refractivity contribution in [3.05, 3.63) is 54.5 Å². The van der Waals surface area contributed by atoms with Gasteiger partial charge in [-0.05, 0) is 30.3 Å². The van der Waals surface area contributed by atoms with E-state index in [2.05, 4.69) is 15.4 Å². The first-order valence-corrected chi connectivity index (χ1v) is 7.37. The standard InChI is InChI=1S/C17H16F2N2O4/c18-17(19)25-14-4-1-3-12(11-14)21-16(23)8-9-20-15(22)7-6-13-5-2-10-24-13/h1-7,10-11,17H,8-9H2,(H,20,22)(H,21,23)/b7-6+. The molecule has 0 aliphatic rings. The summed E-state index contributed by atoms with van der Waals surface area (Å²) in [6, 6.07) is 9.06. The van der Waals surface area contributed by atoms with Crippen LogP contribution in [0.2, 0.25) is 0 Å². The topological polar surface area (TPSA) is 80.6 Å². The maximum absolute atomic E-state index is 12.1. The second kappa shape index (κ2) is 9.21. The van der Waals surface area contributed by atoms with E-state index in [1.807, 2.05) is 0 Å². The molecule has 132 valence electrons. The fourth-order valence-electron chi connectivity index (χ4n) is 1.88. The molecule has 25 heavy (non-hydrogen) atoms. The smallest absolute Gasteiger partial charge is 0.387 e. The first-order chi connectivity index (χ1) is 12.0. The lowest BCUT2D eigenvalue weighted by Crippen LogP contribution is -2.26. The average molecular weight is 350 g/mol. The van der Waals surface area contributed by atoms with E-state index in [4.69, 9.17) is 4.42 Å². The predicted octanol–water partition coefficient (Wildman–Crippen LogP) is 3.04. The molecule has 2 aromatic rings. The van der Waals surface area contributed by atoms with Gasteiger partial charge in [-0.25, -0.2) is 0 Å². The molecule has 6 nitrogen and oxygen atoms in total. The van der Waals surface area contributed by atoms with Gasteiger partial charge in [0.25, 0.3) is 0 Å². The van der Waals surface area contributed by atoms with Crippen LogP contribution in [0.4, 0.5) is 14.5 Å². The molecule has 0 atom stereocenters. The normalized spacial score (nSPS) is 10.8. The van der Waals surface area contributed by atoms with E-state index in [0.29, 0.717) is 11.4 Å². The van der Waals surface area contributed by atoms with Crippen molar-refractivity contribution in [1.82, 2.24) is 5.32 Å². The van der Waals surface area contributed by atoms with Crippen LogP contribution in [-0.4, -0.2) is 25.0 Å². The summed E-state index contributed by atoms with van der Waals surface area (Å²) in [7, 11) is 0. The largest absolute Gasteiger partial charge is 0.465 e.